The zero-order valence-electron chi connectivity index (χ0n) is 4.93. The van der Waals surface area contributed by atoms with Crippen LogP contribution in [0.5, 0.6) is 0 Å². The van der Waals surface area contributed by atoms with Crippen molar-refractivity contribution in [1.29, 1.82) is 5.26 Å². The molecule has 0 aromatic carbocycles. The Bertz CT molecular complexity index is 140. The van der Waals surface area contributed by atoms with Gasteiger partial charge in [-0.05, 0) is 0 Å². The predicted molar refractivity (Wildman–Crippen MR) is 35.0 cm³/mol. The molecule has 0 saturated heterocycles. The Morgan fingerprint density at radius 2 is 2.56 bits per heavy atom. The molecule has 0 radical (unpaired) electrons. The Hall–Kier alpha value is -0.560. The highest BCUT2D eigenvalue weighted by Crippen LogP contribution is 1.94. The van der Waals surface area contributed by atoms with Gasteiger partial charge >= 0.3 is 5.97 Å². The number of nitriles is 1. The van der Waals surface area contributed by atoms with E-state index in [1.165, 1.54) is 6.92 Å². The van der Waals surface area contributed by atoms with E-state index in [0.717, 1.165) is 0 Å². The normalized spacial score (nSPS) is 11.7. The highest BCUT2D eigenvalue weighted by molar-refractivity contribution is 9.09. The summed E-state index contributed by atoms with van der Waals surface area (Å²) in [5.74, 6) is -0.430. The summed E-state index contributed by atoms with van der Waals surface area (Å²) in [5, 5.41) is 8.58. The van der Waals surface area contributed by atoms with Gasteiger partial charge < -0.3 is 4.74 Å². The Labute approximate surface area is 61.7 Å². The third-order valence-corrected chi connectivity index (χ3v) is 1.18. The summed E-state index contributed by atoms with van der Waals surface area (Å²) in [4.78, 5) is 10.2. The zero-order chi connectivity index (χ0) is 7.28. The average molecular weight is 192 g/mol. The molecule has 0 spiro atoms. The van der Waals surface area contributed by atoms with E-state index < -0.39 is 12.1 Å². The van der Waals surface area contributed by atoms with Crippen LogP contribution in [0.2, 0.25) is 0 Å². The molecule has 0 N–H and O–H groups in total. The second kappa shape index (κ2) is 4.33. The number of rotatable bonds is 2. The quantitative estimate of drug-likeness (QED) is 0.481. The van der Waals surface area contributed by atoms with Crippen LogP contribution in [-0.2, 0) is 9.53 Å². The number of nitrogens with zero attached hydrogens (tertiary/aromatic N) is 1. The summed E-state index contributed by atoms with van der Waals surface area (Å²) in [7, 11) is 0. The summed E-state index contributed by atoms with van der Waals surface area (Å²) in [6.07, 6.45) is -0.650. The van der Waals surface area contributed by atoms with Gasteiger partial charge in [0.2, 0.25) is 0 Å². The third kappa shape index (κ3) is 3.98. The number of carbonyl (C=O) groups is 1. The van der Waals surface area contributed by atoms with E-state index in [4.69, 9.17) is 5.26 Å². The first-order chi connectivity index (χ1) is 4.20. The first-order valence-electron chi connectivity index (χ1n) is 2.33. The first-order valence-corrected chi connectivity index (χ1v) is 3.45. The molecule has 0 aliphatic rings. The van der Waals surface area contributed by atoms with Gasteiger partial charge in [0.05, 0.1) is 5.33 Å². The fourth-order valence-electron chi connectivity index (χ4n) is 0.293. The highest BCUT2D eigenvalue weighted by Gasteiger charge is 2.06. The van der Waals surface area contributed by atoms with Crippen molar-refractivity contribution in [3.05, 3.63) is 0 Å². The summed E-state index contributed by atoms with van der Waals surface area (Å²) >= 11 is 3.00. The van der Waals surface area contributed by atoms with E-state index in [9.17, 15) is 4.79 Å². The van der Waals surface area contributed by atoms with E-state index in [0.29, 0.717) is 5.33 Å². The van der Waals surface area contributed by atoms with Crippen molar-refractivity contribution in [1.82, 2.24) is 0 Å². The average Bonchev–Trinajstić information content (AvgIpc) is 1.82. The summed E-state index contributed by atoms with van der Waals surface area (Å²) in [6.45, 7) is 1.27. The third-order valence-electron chi connectivity index (χ3n) is 0.592. The lowest BCUT2D eigenvalue weighted by atomic mass is 10.5. The van der Waals surface area contributed by atoms with Gasteiger partial charge in [0.15, 0.2) is 6.10 Å². The number of esters is 1. The molecule has 0 rings (SSSR count). The van der Waals surface area contributed by atoms with E-state index in [1.807, 2.05) is 0 Å². The monoisotopic (exact) mass is 191 g/mol. The summed E-state index contributed by atoms with van der Waals surface area (Å²) in [6, 6.07) is 1.79. The van der Waals surface area contributed by atoms with Crippen molar-refractivity contribution in [2.45, 2.75) is 13.0 Å². The molecule has 0 aliphatic heterocycles. The first kappa shape index (κ1) is 8.44. The van der Waals surface area contributed by atoms with Crippen LogP contribution in [0.1, 0.15) is 6.92 Å². The molecule has 1 unspecified atom stereocenters. The number of hydrogen-bond acceptors (Lipinski definition) is 3. The van der Waals surface area contributed by atoms with Crippen LogP contribution in [0, 0.1) is 11.3 Å². The summed E-state index contributed by atoms with van der Waals surface area (Å²) < 4.78 is 4.50. The predicted octanol–water partition coefficient (Wildman–Crippen LogP) is 0.837. The van der Waals surface area contributed by atoms with Crippen LogP contribution in [0.15, 0.2) is 0 Å². The van der Waals surface area contributed by atoms with Gasteiger partial charge in [-0.2, -0.15) is 5.26 Å². The van der Waals surface area contributed by atoms with Gasteiger partial charge in [0, 0.05) is 6.92 Å². The molecule has 3 nitrogen and oxygen atoms in total. The largest absolute Gasteiger partial charge is 0.446 e. The lowest BCUT2D eigenvalue weighted by Crippen LogP contribution is -2.14. The smallest absolute Gasteiger partial charge is 0.303 e. The fraction of sp³-hybridized carbons (Fsp3) is 0.600. The van der Waals surface area contributed by atoms with Crippen molar-refractivity contribution >= 4 is 21.9 Å². The van der Waals surface area contributed by atoms with Crippen molar-refractivity contribution in [2.24, 2.45) is 0 Å². The molecule has 50 valence electrons. The molecule has 0 aromatic rings. The second-order valence-electron chi connectivity index (χ2n) is 1.38. The van der Waals surface area contributed by atoms with Crippen molar-refractivity contribution in [2.75, 3.05) is 5.33 Å². The molecule has 0 amide bonds. The Balaban J connectivity index is 3.60. The maximum atomic E-state index is 10.2. The van der Waals surface area contributed by atoms with Crippen LogP contribution in [0.4, 0.5) is 0 Å². The van der Waals surface area contributed by atoms with E-state index in [1.54, 1.807) is 6.07 Å². The molecule has 0 fully saturated rings. The topological polar surface area (TPSA) is 50.1 Å². The van der Waals surface area contributed by atoms with E-state index >= 15 is 0 Å². The number of ether oxygens (including phenoxy) is 1. The zero-order valence-corrected chi connectivity index (χ0v) is 6.51. The SMILES string of the molecule is CC(=O)OC(C#N)CBr. The maximum absolute atomic E-state index is 10.2. The van der Waals surface area contributed by atoms with E-state index in [2.05, 4.69) is 20.7 Å². The minimum atomic E-state index is -0.650. The molecule has 0 aromatic heterocycles. The second-order valence-corrected chi connectivity index (χ2v) is 2.03. The van der Waals surface area contributed by atoms with Gasteiger partial charge in [0.1, 0.15) is 6.07 Å². The standard InChI is InChI=1S/C5H6BrNO2/c1-4(8)9-5(2-6)3-7/h5H,2H2,1H3. The van der Waals surface area contributed by atoms with E-state index in [-0.39, 0.29) is 0 Å². The minimum Gasteiger partial charge on any atom is -0.446 e. The van der Waals surface area contributed by atoms with Crippen LogP contribution in [0.3, 0.4) is 0 Å². The molecule has 0 bridgehead atoms. The Morgan fingerprint density at radius 3 is 2.67 bits per heavy atom. The van der Waals surface area contributed by atoms with Crippen LogP contribution in [0.25, 0.3) is 0 Å². The van der Waals surface area contributed by atoms with Crippen molar-refractivity contribution in [3.8, 4) is 6.07 Å². The van der Waals surface area contributed by atoms with Gasteiger partial charge in [-0.1, -0.05) is 15.9 Å². The maximum Gasteiger partial charge on any atom is 0.303 e. The fourth-order valence-corrected chi connectivity index (χ4v) is 0.570. The van der Waals surface area contributed by atoms with Gasteiger partial charge in [0.25, 0.3) is 0 Å². The molecule has 9 heavy (non-hydrogen) atoms. The van der Waals surface area contributed by atoms with Crippen LogP contribution in [-0.4, -0.2) is 17.4 Å². The van der Waals surface area contributed by atoms with Gasteiger partial charge in [-0.25, -0.2) is 0 Å². The number of hydrogen-bond donors (Lipinski definition) is 0. The van der Waals surface area contributed by atoms with Crippen LogP contribution >= 0.6 is 15.9 Å². The van der Waals surface area contributed by atoms with Crippen molar-refractivity contribution in [3.63, 3.8) is 0 Å². The molecule has 1 atom stereocenters. The summed E-state index contributed by atoms with van der Waals surface area (Å²) in [5.41, 5.74) is 0. The highest BCUT2D eigenvalue weighted by atomic mass is 79.9. The van der Waals surface area contributed by atoms with Gasteiger partial charge in [-0.3, -0.25) is 4.79 Å². The molecule has 4 heteroatoms. The lowest BCUT2D eigenvalue weighted by Gasteiger charge is -2.02. The van der Waals surface area contributed by atoms with Gasteiger partial charge in [-0.15, -0.1) is 0 Å². The number of alkyl halides is 1. The minimum absolute atomic E-state index is 0.364. The molecule has 0 aliphatic carbocycles. The lowest BCUT2D eigenvalue weighted by molar-refractivity contribution is -0.142. The Kier molecular flexibility index (Phi) is 4.06. The number of halogens is 1. The molecule has 0 saturated carbocycles. The molecule has 0 heterocycles. The number of carbonyl (C=O) groups excluding carboxylic acids is 1. The Morgan fingerprint density at radius 1 is 2.00 bits per heavy atom. The molecular weight excluding hydrogens is 186 g/mol. The molecular formula is C5H6BrNO2. The van der Waals surface area contributed by atoms with Crippen LogP contribution < -0.4 is 0 Å². The van der Waals surface area contributed by atoms with Crippen molar-refractivity contribution < 1.29 is 9.53 Å².